The Balaban J connectivity index is 3.17. The van der Waals surface area contributed by atoms with Gasteiger partial charge in [0, 0.05) is 6.54 Å². The summed E-state index contributed by atoms with van der Waals surface area (Å²) >= 11 is 2.39. The van der Waals surface area contributed by atoms with E-state index >= 15 is 0 Å². The Hall–Kier alpha value is 0.160. The lowest BCUT2D eigenvalue weighted by Gasteiger charge is -2.08. The van der Waals surface area contributed by atoms with Crippen LogP contribution in [0, 0.1) is 0 Å². The monoisotopic (exact) mass is 327 g/mol. The van der Waals surface area contributed by atoms with Crippen LogP contribution in [0.5, 0.6) is 0 Å². The molecule has 0 unspecified atom stereocenters. The molecule has 0 heterocycles. The summed E-state index contributed by atoms with van der Waals surface area (Å²) < 4.78 is 6.41. The van der Waals surface area contributed by atoms with E-state index in [9.17, 15) is 4.79 Å². The standard InChI is InChI=1S/C11H22INO2/c1-10(2)15-9-11(14)13-8-6-4-3-5-7-12/h10H,3-9H2,1-2H3,(H,13,14). The second-order valence-electron chi connectivity index (χ2n) is 3.81. The summed E-state index contributed by atoms with van der Waals surface area (Å²) in [6, 6.07) is 0. The molecule has 0 saturated carbocycles. The molecule has 0 aromatic carbocycles. The number of rotatable bonds is 9. The fraction of sp³-hybridized carbons (Fsp3) is 0.909. The highest BCUT2D eigenvalue weighted by Crippen LogP contribution is 2.01. The Morgan fingerprint density at radius 2 is 1.93 bits per heavy atom. The number of amides is 1. The molecule has 4 heteroatoms. The molecule has 90 valence electrons. The van der Waals surface area contributed by atoms with E-state index in [4.69, 9.17) is 4.74 Å². The number of ether oxygens (including phenoxy) is 1. The van der Waals surface area contributed by atoms with Crippen LogP contribution in [0.1, 0.15) is 39.5 Å². The van der Waals surface area contributed by atoms with E-state index < -0.39 is 0 Å². The molecule has 0 aliphatic heterocycles. The van der Waals surface area contributed by atoms with Crippen LogP contribution in [-0.2, 0) is 9.53 Å². The van der Waals surface area contributed by atoms with Crippen LogP contribution < -0.4 is 5.32 Å². The molecule has 0 spiro atoms. The predicted molar refractivity (Wildman–Crippen MR) is 71.5 cm³/mol. The van der Waals surface area contributed by atoms with Gasteiger partial charge in [-0.15, -0.1) is 0 Å². The SMILES string of the molecule is CC(C)OCC(=O)NCCCCCCI. The minimum absolute atomic E-state index is 0.00223. The van der Waals surface area contributed by atoms with E-state index in [1.165, 1.54) is 23.7 Å². The van der Waals surface area contributed by atoms with Gasteiger partial charge in [0.15, 0.2) is 0 Å². The van der Waals surface area contributed by atoms with Crippen molar-refractivity contribution >= 4 is 28.5 Å². The first-order chi connectivity index (χ1) is 7.16. The second-order valence-corrected chi connectivity index (χ2v) is 4.89. The average Bonchev–Trinajstić information content (AvgIpc) is 2.20. The number of hydrogen-bond donors (Lipinski definition) is 1. The van der Waals surface area contributed by atoms with Gasteiger partial charge in [0.25, 0.3) is 0 Å². The molecule has 0 aliphatic carbocycles. The van der Waals surface area contributed by atoms with Crippen LogP contribution in [-0.4, -0.2) is 29.6 Å². The molecule has 3 nitrogen and oxygen atoms in total. The topological polar surface area (TPSA) is 38.3 Å². The molecule has 0 bridgehead atoms. The van der Waals surface area contributed by atoms with E-state index in [1.54, 1.807) is 0 Å². The third kappa shape index (κ3) is 12.1. The van der Waals surface area contributed by atoms with Crippen molar-refractivity contribution in [3.05, 3.63) is 0 Å². The minimum atomic E-state index is -0.00223. The Labute approximate surface area is 106 Å². The van der Waals surface area contributed by atoms with Crippen LogP contribution in [0.25, 0.3) is 0 Å². The zero-order valence-electron chi connectivity index (χ0n) is 9.72. The van der Waals surface area contributed by atoms with E-state index in [0.717, 1.165) is 13.0 Å². The highest BCUT2D eigenvalue weighted by atomic mass is 127. The molecule has 0 radical (unpaired) electrons. The Morgan fingerprint density at radius 3 is 2.53 bits per heavy atom. The average molecular weight is 327 g/mol. The van der Waals surface area contributed by atoms with E-state index in [0.29, 0.717) is 0 Å². The third-order valence-corrected chi connectivity index (χ3v) is 2.69. The van der Waals surface area contributed by atoms with Crippen LogP contribution in [0.3, 0.4) is 0 Å². The van der Waals surface area contributed by atoms with E-state index in [1.807, 2.05) is 13.8 Å². The highest BCUT2D eigenvalue weighted by Gasteiger charge is 2.01. The summed E-state index contributed by atoms with van der Waals surface area (Å²) in [5.41, 5.74) is 0. The number of carbonyl (C=O) groups excluding carboxylic acids is 1. The van der Waals surface area contributed by atoms with Gasteiger partial charge < -0.3 is 10.1 Å². The van der Waals surface area contributed by atoms with Crippen molar-refractivity contribution in [3.8, 4) is 0 Å². The molecule has 0 saturated heterocycles. The summed E-state index contributed by atoms with van der Waals surface area (Å²) in [5, 5.41) is 2.85. The Morgan fingerprint density at radius 1 is 1.27 bits per heavy atom. The quantitative estimate of drug-likeness (QED) is 0.401. The van der Waals surface area contributed by atoms with Crippen molar-refractivity contribution < 1.29 is 9.53 Å². The zero-order valence-corrected chi connectivity index (χ0v) is 11.9. The lowest BCUT2D eigenvalue weighted by atomic mass is 10.2. The van der Waals surface area contributed by atoms with Gasteiger partial charge in [-0.3, -0.25) is 4.79 Å². The Bertz CT molecular complexity index is 163. The predicted octanol–water partition coefficient (Wildman–Crippen LogP) is 2.52. The lowest BCUT2D eigenvalue weighted by Crippen LogP contribution is -2.29. The maximum Gasteiger partial charge on any atom is 0.246 e. The largest absolute Gasteiger partial charge is 0.369 e. The lowest BCUT2D eigenvalue weighted by molar-refractivity contribution is -0.127. The van der Waals surface area contributed by atoms with Crippen LogP contribution in [0.4, 0.5) is 0 Å². The fourth-order valence-electron chi connectivity index (χ4n) is 1.09. The second kappa shape index (κ2) is 10.7. The summed E-state index contributed by atoms with van der Waals surface area (Å²) in [6.45, 7) is 4.82. The Kier molecular flexibility index (Phi) is 10.8. The summed E-state index contributed by atoms with van der Waals surface area (Å²) in [5.74, 6) is -0.00223. The first-order valence-corrected chi connectivity index (χ1v) is 7.13. The van der Waals surface area contributed by atoms with Crippen molar-refractivity contribution in [3.63, 3.8) is 0 Å². The van der Waals surface area contributed by atoms with E-state index in [2.05, 4.69) is 27.9 Å². The number of nitrogens with one attached hydrogen (secondary N) is 1. The smallest absolute Gasteiger partial charge is 0.246 e. The van der Waals surface area contributed by atoms with Gasteiger partial charge in [0.05, 0.1) is 6.10 Å². The van der Waals surface area contributed by atoms with Gasteiger partial charge in [0.1, 0.15) is 6.61 Å². The molecular formula is C11H22INO2. The normalized spacial score (nSPS) is 10.7. The van der Waals surface area contributed by atoms with Crippen molar-refractivity contribution in [1.82, 2.24) is 5.32 Å². The van der Waals surface area contributed by atoms with Gasteiger partial charge in [-0.05, 0) is 31.1 Å². The molecule has 1 N–H and O–H groups in total. The molecule has 1 amide bonds. The minimum Gasteiger partial charge on any atom is -0.369 e. The van der Waals surface area contributed by atoms with Crippen molar-refractivity contribution in [2.75, 3.05) is 17.6 Å². The van der Waals surface area contributed by atoms with E-state index in [-0.39, 0.29) is 18.6 Å². The molecule has 0 aliphatic rings. The van der Waals surface area contributed by atoms with Gasteiger partial charge in [-0.25, -0.2) is 0 Å². The van der Waals surface area contributed by atoms with Gasteiger partial charge in [-0.1, -0.05) is 35.4 Å². The zero-order chi connectivity index (χ0) is 11.5. The highest BCUT2D eigenvalue weighted by molar-refractivity contribution is 14.1. The van der Waals surface area contributed by atoms with Crippen LogP contribution in [0.15, 0.2) is 0 Å². The number of carbonyl (C=O) groups is 1. The van der Waals surface area contributed by atoms with Crippen LogP contribution >= 0.6 is 22.6 Å². The summed E-state index contributed by atoms with van der Waals surface area (Å²) in [4.78, 5) is 11.2. The molecule has 0 aromatic rings. The summed E-state index contributed by atoms with van der Waals surface area (Å²) in [6.07, 6.45) is 4.95. The number of halogens is 1. The van der Waals surface area contributed by atoms with Crippen LogP contribution in [0.2, 0.25) is 0 Å². The molecule has 0 fully saturated rings. The molecule has 0 aromatic heterocycles. The maximum atomic E-state index is 11.2. The number of hydrogen-bond acceptors (Lipinski definition) is 2. The third-order valence-electron chi connectivity index (χ3n) is 1.93. The molecule has 0 rings (SSSR count). The first kappa shape index (κ1) is 15.2. The number of unbranched alkanes of at least 4 members (excludes halogenated alkanes) is 3. The van der Waals surface area contributed by atoms with Gasteiger partial charge in [-0.2, -0.15) is 0 Å². The van der Waals surface area contributed by atoms with Gasteiger partial charge >= 0.3 is 0 Å². The first-order valence-electron chi connectivity index (χ1n) is 5.61. The van der Waals surface area contributed by atoms with Crippen molar-refractivity contribution in [2.24, 2.45) is 0 Å². The molecule has 15 heavy (non-hydrogen) atoms. The number of alkyl halides is 1. The van der Waals surface area contributed by atoms with Gasteiger partial charge in [0.2, 0.25) is 5.91 Å². The fourth-order valence-corrected chi connectivity index (χ4v) is 1.63. The van der Waals surface area contributed by atoms with Crippen molar-refractivity contribution in [1.29, 1.82) is 0 Å². The van der Waals surface area contributed by atoms with Crippen molar-refractivity contribution in [2.45, 2.75) is 45.6 Å². The molecular weight excluding hydrogens is 305 g/mol. The molecule has 0 atom stereocenters. The maximum absolute atomic E-state index is 11.2. The summed E-state index contributed by atoms with van der Waals surface area (Å²) in [7, 11) is 0.